The zero-order chi connectivity index (χ0) is 13.8. The Balaban J connectivity index is 2.00. The fourth-order valence-corrected chi connectivity index (χ4v) is 2.68. The lowest BCUT2D eigenvalue weighted by molar-refractivity contribution is 0.574. The molecule has 0 saturated heterocycles. The summed E-state index contributed by atoms with van der Waals surface area (Å²) in [7, 11) is 0. The Morgan fingerprint density at radius 2 is 1.95 bits per heavy atom. The summed E-state index contributed by atoms with van der Waals surface area (Å²) in [6.45, 7) is 2.95. The lowest BCUT2D eigenvalue weighted by Crippen LogP contribution is -2.18. The number of nitrogens with one attached hydrogen (secondary N) is 1. The number of hydrogen-bond acceptors (Lipinski definition) is 1. The molecule has 0 fully saturated rings. The first kappa shape index (κ1) is 15.0. The van der Waals surface area contributed by atoms with Crippen molar-refractivity contribution in [2.75, 3.05) is 0 Å². The molecular weight excluding hydrogens is 389 g/mol. The molecule has 2 aromatic carbocycles. The molecule has 0 bridgehead atoms. The second-order valence-corrected chi connectivity index (χ2v) is 6.58. The van der Waals surface area contributed by atoms with E-state index in [0.29, 0.717) is 6.04 Å². The zero-order valence-corrected chi connectivity index (χ0v) is 14.4. The van der Waals surface area contributed by atoms with Crippen molar-refractivity contribution in [3.63, 3.8) is 0 Å². The monoisotopic (exact) mass is 401 g/mol. The highest BCUT2D eigenvalue weighted by atomic mass is 79.9. The third kappa shape index (κ3) is 4.32. The van der Waals surface area contributed by atoms with E-state index in [9.17, 15) is 0 Å². The fraction of sp³-hybridized carbons (Fsp3) is 0.200. The van der Waals surface area contributed by atoms with Crippen LogP contribution in [0.15, 0.2) is 51.4 Å². The third-order valence-electron chi connectivity index (χ3n) is 2.95. The fourth-order valence-electron chi connectivity index (χ4n) is 1.81. The molecule has 0 aromatic heterocycles. The van der Waals surface area contributed by atoms with E-state index in [1.54, 1.807) is 0 Å². The van der Waals surface area contributed by atoms with Gasteiger partial charge < -0.3 is 5.32 Å². The van der Waals surface area contributed by atoms with E-state index in [1.165, 1.54) is 11.1 Å². The summed E-state index contributed by atoms with van der Waals surface area (Å²) in [5.74, 6) is 0. The minimum Gasteiger partial charge on any atom is -0.306 e. The van der Waals surface area contributed by atoms with Gasteiger partial charge in [-0.05, 0) is 58.2 Å². The van der Waals surface area contributed by atoms with E-state index in [2.05, 4.69) is 62.3 Å². The van der Waals surface area contributed by atoms with Gasteiger partial charge in [0.1, 0.15) is 0 Å². The van der Waals surface area contributed by atoms with Crippen LogP contribution >= 0.6 is 43.5 Å². The molecule has 0 heterocycles. The van der Waals surface area contributed by atoms with Crippen molar-refractivity contribution in [1.82, 2.24) is 5.32 Å². The van der Waals surface area contributed by atoms with Crippen LogP contribution < -0.4 is 5.32 Å². The minimum atomic E-state index is 0.292. The first-order chi connectivity index (χ1) is 9.06. The summed E-state index contributed by atoms with van der Waals surface area (Å²) in [5, 5.41) is 4.24. The maximum atomic E-state index is 6.09. The van der Waals surface area contributed by atoms with Crippen LogP contribution in [0.4, 0.5) is 0 Å². The van der Waals surface area contributed by atoms with Crippen LogP contribution in [0.1, 0.15) is 24.1 Å². The van der Waals surface area contributed by atoms with Gasteiger partial charge in [-0.3, -0.25) is 0 Å². The van der Waals surface area contributed by atoms with Gasteiger partial charge in [0.15, 0.2) is 0 Å². The van der Waals surface area contributed by atoms with Gasteiger partial charge in [-0.25, -0.2) is 0 Å². The summed E-state index contributed by atoms with van der Waals surface area (Å²) in [6.07, 6.45) is 0. The summed E-state index contributed by atoms with van der Waals surface area (Å²) in [4.78, 5) is 0. The molecule has 2 aromatic rings. The molecule has 0 aliphatic heterocycles. The highest BCUT2D eigenvalue weighted by molar-refractivity contribution is 9.10. The average molecular weight is 404 g/mol. The van der Waals surface area contributed by atoms with Crippen molar-refractivity contribution >= 4 is 43.5 Å². The summed E-state index contributed by atoms with van der Waals surface area (Å²) in [5.41, 5.74) is 2.44. The van der Waals surface area contributed by atoms with Crippen molar-refractivity contribution in [2.45, 2.75) is 19.5 Å². The van der Waals surface area contributed by atoms with Crippen LogP contribution in [0.3, 0.4) is 0 Å². The van der Waals surface area contributed by atoms with Gasteiger partial charge in [0, 0.05) is 21.5 Å². The van der Waals surface area contributed by atoms with Crippen LogP contribution in [-0.2, 0) is 6.54 Å². The summed E-state index contributed by atoms with van der Waals surface area (Å²) >= 11 is 13.0. The normalized spacial score (nSPS) is 12.4. The first-order valence-corrected chi connectivity index (χ1v) is 7.95. The third-order valence-corrected chi connectivity index (χ3v) is 4.67. The molecule has 2 rings (SSSR count). The Kier molecular flexibility index (Phi) is 5.46. The molecule has 100 valence electrons. The van der Waals surface area contributed by atoms with Gasteiger partial charge in [-0.1, -0.05) is 45.7 Å². The first-order valence-electron chi connectivity index (χ1n) is 5.99. The lowest BCUT2D eigenvalue weighted by atomic mass is 10.1. The van der Waals surface area contributed by atoms with Crippen molar-refractivity contribution in [3.8, 4) is 0 Å². The smallest absolute Gasteiger partial charge is 0.0551 e. The summed E-state index contributed by atoms with van der Waals surface area (Å²) < 4.78 is 2.03. The standard InChI is InChI=1S/C15H14Br2ClN/c1-10(12-3-2-4-13(16)8-12)19-9-11-5-6-14(17)15(18)7-11/h2-8,10,19H,9H2,1H3/t10-/m1/s1. The van der Waals surface area contributed by atoms with Crippen LogP contribution in [0.2, 0.25) is 5.02 Å². The van der Waals surface area contributed by atoms with Crippen molar-refractivity contribution in [1.29, 1.82) is 0 Å². The molecule has 19 heavy (non-hydrogen) atoms. The maximum absolute atomic E-state index is 6.09. The molecule has 0 radical (unpaired) electrons. The zero-order valence-electron chi connectivity index (χ0n) is 10.5. The molecule has 0 aliphatic rings. The van der Waals surface area contributed by atoms with Gasteiger partial charge in [-0.2, -0.15) is 0 Å². The highest BCUT2D eigenvalue weighted by Gasteiger charge is 2.06. The van der Waals surface area contributed by atoms with Gasteiger partial charge in [0.2, 0.25) is 0 Å². The highest BCUT2D eigenvalue weighted by Crippen LogP contribution is 2.24. The Labute approximate surface area is 135 Å². The van der Waals surface area contributed by atoms with Crippen LogP contribution in [0.5, 0.6) is 0 Å². The number of rotatable bonds is 4. The number of halogens is 3. The Bertz CT molecular complexity index is 572. The molecule has 1 nitrogen and oxygen atoms in total. The topological polar surface area (TPSA) is 12.0 Å². The molecule has 0 amide bonds. The van der Waals surface area contributed by atoms with Gasteiger partial charge in [-0.15, -0.1) is 0 Å². The second-order valence-electron chi connectivity index (χ2n) is 4.41. The Hall–Kier alpha value is -0.350. The molecule has 0 spiro atoms. The van der Waals surface area contributed by atoms with E-state index in [-0.39, 0.29) is 0 Å². The largest absolute Gasteiger partial charge is 0.306 e. The molecular formula is C15H14Br2ClN. The SMILES string of the molecule is C[C@@H](NCc1ccc(Br)c(Cl)c1)c1cccc(Br)c1. The molecule has 1 N–H and O–H groups in total. The van der Waals surface area contributed by atoms with Crippen LogP contribution in [0.25, 0.3) is 0 Å². The molecule has 1 atom stereocenters. The van der Waals surface area contributed by atoms with Crippen LogP contribution in [0, 0.1) is 0 Å². The Morgan fingerprint density at radius 1 is 1.16 bits per heavy atom. The van der Waals surface area contributed by atoms with Crippen LogP contribution in [-0.4, -0.2) is 0 Å². The average Bonchev–Trinajstić information content (AvgIpc) is 2.40. The predicted octanol–water partition coefficient (Wildman–Crippen LogP) is 5.72. The van der Waals surface area contributed by atoms with E-state index in [4.69, 9.17) is 11.6 Å². The number of hydrogen-bond donors (Lipinski definition) is 1. The van der Waals surface area contributed by atoms with E-state index >= 15 is 0 Å². The minimum absolute atomic E-state index is 0.292. The van der Waals surface area contributed by atoms with E-state index < -0.39 is 0 Å². The lowest BCUT2D eigenvalue weighted by Gasteiger charge is -2.15. The predicted molar refractivity (Wildman–Crippen MR) is 88.5 cm³/mol. The van der Waals surface area contributed by atoms with Gasteiger partial charge in [0.25, 0.3) is 0 Å². The second kappa shape index (κ2) is 6.89. The molecule has 4 heteroatoms. The Morgan fingerprint density at radius 3 is 2.63 bits per heavy atom. The van der Waals surface area contributed by atoms with Gasteiger partial charge in [0.05, 0.1) is 5.02 Å². The van der Waals surface area contributed by atoms with Crippen molar-refractivity contribution in [2.24, 2.45) is 0 Å². The molecule has 0 aliphatic carbocycles. The molecule has 0 saturated carbocycles. The van der Waals surface area contributed by atoms with Crippen molar-refractivity contribution < 1.29 is 0 Å². The van der Waals surface area contributed by atoms with Crippen molar-refractivity contribution in [3.05, 3.63) is 67.6 Å². The quantitative estimate of drug-likeness (QED) is 0.689. The van der Waals surface area contributed by atoms with E-state index in [0.717, 1.165) is 20.5 Å². The number of benzene rings is 2. The van der Waals surface area contributed by atoms with E-state index in [1.807, 2.05) is 24.3 Å². The maximum Gasteiger partial charge on any atom is 0.0551 e. The van der Waals surface area contributed by atoms with Gasteiger partial charge >= 0.3 is 0 Å². The molecule has 0 unspecified atom stereocenters. The summed E-state index contributed by atoms with van der Waals surface area (Å²) in [6, 6.07) is 14.6.